The first-order valence-electron chi connectivity index (χ1n) is 8.07. The van der Waals surface area contributed by atoms with Crippen LogP contribution in [0, 0.1) is 5.92 Å². The lowest BCUT2D eigenvalue weighted by atomic mass is 10.1. The molecule has 0 bridgehead atoms. The summed E-state index contributed by atoms with van der Waals surface area (Å²) in [7, 11) is -2.28. The van der Waals surface area contributed by atoms with Gasteiger partial charge in [-0.2, -0.15) is 8.42 Å². The largest absolute Gasteiger partial charge is 0.493 e. The van der Waals surface area contributed by atoms with Crippen LogP contribution in [-0.2, 0) is 28.0 Å². The predicted molar refractivity (Wildman–Crippen MR) is 96.3 cm³/mol. The molecule has 1 aromatic heterocycles. The fourth-order valence-electron chi connectivity index (χ4n) is 2.44. The molecule has 26 heavy (non-hydrogen) atoms. The van der Waals surface area contributed by atoms with Crippen molar-refractivity contribution in [3.63, 3.8) is 0 Å². The first-order valence-corrected chi connectivity index (χ1v) is 9.89. The minimum absolute atomic E-state index is 0.0391. The van der Waals surface area contributed by atoms with E-state index in [0.29, 0.717) is 23.6 Å². The van der Waals surface area contributed by atoms with Crippen molar-refractivity contribution in [3.8, 4) is 11.5 Å². The average Bonchev–Trinajstić information content (AvgIpc) is 3.05. The van der Waals surface area contributed by atoms with Gasteiger partial charge in [0.2, 0.25) is 5.91 Å². The molecule has 0 radical (unpaired) electrons. The lowest BCUT2D eigenvalue weighted by Crippen LogP contribution is -2.33. The number of nitrogens with zero attached hydrogens (tertiary/aromatic N) is 1. The second-order valence-electron chi connectivity index (χ2n) is 6.20. The summed E-state index contributed by atoms with van der Waals surface area (Å²) in [5, 5.41) is 0. The van der Waals surface area contributed by atoms with Crippen molar-refractivity contribution in [2.24, 2.45) is 5.92 Å². The summed E-state index contributed by atoms with van der Waals surface area (Å²) >= 11 is 0. The molecule has 0 spiro atoms. The molecule has 0 unspecified atom stereocenters. The van der Waals surface area contributed by atoms with Crippen LogP contribution >= 0.6 is 0 Å². The zero-order valence-electron chi connectivity index (χ0n) is 15.3. The van der Waals surface area contributed by atoms with Crippen molar-refractivity contribution < 1.29 is 26.5 Å². The number of amides is 1. The van der Waals surface area contributed by atoms with E-state index < -0.39 is 10.1 Å². The van der Waals surface area contributed by atoms with E-state index in [-0.39, 0.29) is 24.1 Å². The number of furan rings is 1. The van der Waals surface area contributed by atoms with Crippen molar-refractivity contribution >= 4 is 16.0 Å². The van der Waals surface area contributed by atoms with Crippen LogP contribution in [0.2, 0.25) is 0 Å². The van der Waals surface area contributed by atoms with Gasteiger partial charge in [-0.05, 0) is 29.8 Å². The van der Waals surface area contributed by atoms with Gasteiger partial charge in [0.15, 0.2) is 11.5 Å². The van der Waals surface area contributed by atoms with Gasteiger partial charge in [0.25, 0.3) is 0 Å². The minimum atomic E-state index is -3.70. The Morgan fingerprint density at radius 2 is 1.92 bits per heavy atom. The van der Waals surface area contributed by atoms with Crippen molar-refractivity contribution in [1.29, 1.82) is 0 Å². The van der Waals surface area contributed by atoms with Crippen LogP contribution in [-0.4, -0.2) is 32.6 Å². The third-order valence-corrected chi connectivity index (χ3v) is 4.06. The lowest BCUT2D eigenvalue weighted by molar-refractivity contribution is -0.136. The Balaban J connectivity index is 2.29. The molecule has 0 saturated heterocycles. The van der Waals surface area contributed by atoms with E-state index in [4.69, 9.17) is 13.3 Å². The Hall–Kier alpha value is -2.48. The fourth-order valence-corrected chi connectivity index (χ4v) is 2.89. The maximum atomic E-state index is 12.5. The Bertz CT molecular complexity index is 843. The minimum Gasteiger partial charge on any atom is -0.493 e. The van der Waals surface area contributed by atoms with E-state index >= 15 is 0 Å². The van der Waals surface area contributed by atoms with Gasteiger partial charge in [0.05, 0.1) is 26.2 Å². The first kappa shape index (κ1) is 19.8. The predicted octanol–water partition coefficient (Wildman–Crippen LogP) is 2.81. The highest BCUT2D eigenvalue weighted by atomic mass is 32.2. The standard InChI is InChI=1S/C18H23NO6S/c1-13(2)18(20)19(12-15-6-5-9-24-15)11-14-7-8-16(23-3)17(10-14)25-26(4,21)22/h5-10,13H,11-12H2,1-4H3. The Morgan fingerprint density at radius 1 is 1.19 bits per heavy atom. The highest BCUT2D eigenvalue weighted by Crippen LogP contribution is 2.30. The third kappa shape index (κ3) is 5.52. The molecule has 2 aromatic rings. The van der Waals surface area contributed by atoms with Crippen LogP contribution in [0.25, 0.3) is 0 Å². The van der Waals surface area contributed by atoms with Crippen LogP contribution in [0.15, 0.2) is 41.0 Å². The molecule has 2 rings (SSSR count). The molecule has 7 nitrogen and oxygen atoms in total. The van der Waals surface area contributed by atoms with Gasteiger partial charge >= 0.3 is 10.1 Å². The molecule has 0 aliphatic heterocycles. The Kier molecular flexibility index (Phi) is 6.31. The molecule has 8 heteroatoms. The van der Waals surface area contributed by atoms with Crippen molar-refractivity contribution in [1.82, 2.24) is 4.90 Å². The maximum Gasteiger partial charge on any atom is 0.306 e. The summed E-state index contributed by atoms with van der Waals surface area (Å²) < 4.78 is 38.4. The molecule has 0 aliphatic rings. The summed E-state index contributed by atoms with van der Waals surface area (Å²) in [6, 6.07) is 8.49. The zero-order chi connectivity index (χ0) is 19.3. The second-order valence-corrected chi connectivity index (χ2v) is 7.78. The topological polar surface area (TPSA) is 86.0 Å². The molecule has 0 aliphatic carbocycles. The number of carbonyl (C=O) groups is 1. The van der Waals surface area contributed by atoms with Gasteiger partial charge < -0.3 is 18.2 Å². The molecule has 0 N–H and O–H groups in total. The summed E-state index contributed by atoms with van der Waals surface area (Å²) in [6.07, 6.45) is 2.52. The van der Waals surface area contributed by atoms with Crippen molar-refractivity contribution in [2.45, 2.75) is 26.9 Å². The van der Waals surface area contributed by atoms with Gasteiger partial charge in [-0.1, -0.05) is 19.9 Å². The quantitative estimate of drug-likeness (QED) is 0.654. The van der Waals surface area contributed by atoms with Gasteiger partial charge in [-0.15, -0.1) is 0 Å². The number of ether oxygens (including phenoxy) is 1. The van der Waals surface area contributed by atoms with E-state index in [2.05, 4.69) is 0 Å². The Labute approximate surface area is 153 Å². The average molecular weight is 381 g/mol. The third-order valence-electron chi connectivity index (χ3n) is 3.57. The van der Waals surface area contributed by atoms with E-state index in [0.717, 1.165) is 6.26 Å². The van der Waals surface area contributed by atoms with E-state index in [1.165, 1.54) is 7.11 Å². The number of carbonyl (C=O) groups excluding carboxylic acids is 1. The van der Waals surface area contributed by atoms with Gasteiger partial charge in [0, 0.05) is 12.5 Å². The van der Waals surface area contributed by atoms with Gasteiger partial charge in [-0.25, -0.2) is 0 Å². The fraction of sp³-hybridized carbons (Fsp3) is 0.389. The molecule has 0 saturated carbocycles. The van der Waals surface area contributed by atoms with Gasteiger partial charge in [0.1, 0.15) is 5.76 Å². The zero-order valence-corrected chi connectivity index (χ0v) is 16.1. The number of hydrogen-bond donors (Lipinski definition) is 0. The van der Waals surface area contributed by atoms with Gasteiger partial charge in [-0.3, -0.25) is 4.79 Å². The summed E-state index contributed by atoms with van der Waals surface area (Å²) in [5.41, 5.74) is 0.713. The van der Waals surface area contributed by atoms with Crippen LogP contribution in [0.5, 0.6) is 11.5 Å². The van der Waals surface area contributed by atoms with Crippen LogP contribution < -0.4 is 8.92 Å². The van der Waals surface area contributed by atoms with E-state index in [1.807, 2.05) is 13.8 Å². The van der Waals surface area contributed by atoms with Crippen LogP contribution in [0.1, 0.15) is 25.2 Å². The molecule has 1 amide bonds. The highest BCUT2D eigenvalue weighted by molar-refractivity contribution is 7.86. The molecule has 142 valence electrons. The summed E-state index contributed by atoms with van der Waals surface area (Å²) in [4.78, 5) is 14.2. The monoisotopic (exact) mass is 381 g/mol. The normalized spacial score (nSPS) is 11.4. The lowest BCUT2D eigenvalue weighted by Gasteiger charge is -2.24. The van der Waals surface area contributed by atoms with E-state index in [9.17, 15) is 13.2 Å². The smallest absolute Gasteiger partial charge is 0.306 e. The van der Waals surface area contributed by atoms with Crippen LogP contribution in [0.3, 0.4) is 0 Å². The number of benzene rings is 1. The molecular weight excluding hydrogens is 358 g/mol. The molecule has 0 atom stereocenters. The number of rotatable bonds is 8. The van der Waals surface area contributed by atoms with E-state index in [1.54, 1.807) is 41.5 Å². The first-order chi connectivity index (χ1) is 12.2. The van der Waals surface area contributed by atoms with Crippen molar-refractivity contribution in [3.05, 3.63) is 47.9 Å². The molecule has 1 aromatic carbocycles. The number of hydrogen-bond acceptors (Lipinski definition) is 6. The molecule has 0 fully saturated rings. The molecular formula is C18H23NO6S. The highest BCUT2D eigenvalue weighted by Gasteiger charge is 2.20. The maximum absolute atomic E-state index is 12.5. The van der Waals surface area contributed by atoms with Crippen molar-refractivity contribution in [2.75, 3.05) is 13.4 Å². The second kappa shape index (κ2) is 8.27. The SMILES string of the molecule is COc1ccc(CN(Cc2ccco2)C(=O)C(C)C)cc1OS(C)(=O)=O. The number of methoxy groups -OCH3 is 1. The summed E-state index contributed by atoms with van der Waals surface area (Å²) in [6.45, 7) is 4.24. The summed E-state index contributed by atoms with van der Waals surface area (Å²) in [5.74, 6) is 0.826. The van der Waals surface area contributed by atoms with Crippen LogP contribution in [0.4, 0.5) is 0 Å². The molecule has 1 heterocycles. The Morgan fingerprint density at radius 3 is 2.46 bits per heavy atom.